The topological polar surface area (TPSA) is 87.0 Å². The molecule has 0 spiro atoms. The third kappa shape index (κ3) is 194. The molecular weight excluding hydrogens is 200 g/mol. The largest absolute Gasteiger partial charge is 0.640 e. The molecule has 5 nitrogen and oxygen atoms in total. The second-order valence-corrected chi connectivity index (χ2v) is 0.636. The van der Waals surface area contributed by atoms with E-state index in [2.05, 4.69) is 11.8 Å². The third-order valence-corrected chi connectivity index (χ3v) is 0.203. The van der Waals surface area contributed by atoms with Crippen LogP contribution in [0.1, 0.15) is 6.92 Å². The van der Waals surface area contributed by atoms with Crippen LogP contribution in [-0.4, -0.2) is 42.6 Å². The van der Waals surface area contributed by atoms with Crippen LogP contribution >= 0.6 is 0 Å². The van der Waals surface area contributed by atoms with Crippen LogP contribution in [0.25, 0.3) is 0 Å². The number of aliphatic hydroxyl groups excluding tert-OH is 3. The van der Waals surface area contributed by atoms with Crippen molar-refractivity contribution in [2.24, 2.45) is 0 Å². The van der Waals surface area contributed by atoms with Gasteiger partial charge in [-0.25, -0.2) is 0 Å². The van der Waals surface area contributed by atoms with Gasteiger partial charge in [0.15, 0.2) is 0 Å². The summed E-state index contributed by atoms with van der Waals surface area (Å²) >= 11 is 0. The van der Waals surface area contributed by atoms with Crippen molar-refractivity contribution in [3.63, 3.8) is 0 Å². The summed E-state index contributed by atoms with van der Waals surface area (Å²) in [5, 5.41) is 21.0. The minimum Gasteiger partial charge on any atom is -0.640 e. The average Bonchev–Trinajstić information content (AvgIpc) is 2.15. The molecule has 0 bridgehead atoms. The van der Waals surface area contributed by atoms with Crippen LogP contribution < -0.4 is 0 Å². The first-order valence-corrected chi connectivity index (χ1v) is 2.54. The number of rotatable bonds is 0. The molecule has 0 saturated heterocycles. The third-order valence-electron chi connectivity index (χ3n) is 0.203. The van der Waals surface area contributed by atoms with Crippen molar-refractivity contribution < 1.29 is 46.6 Å². The second-order valence-electron chi connectivity index (χ2n) is 0.636. The summed E-state index contributed by atoms with van der Waals surface area (Å²) in [6, 6.07) is 0. The van der Waals surface area contributed by atoms with Crippen molar-refractivity contribution in [2.45, 2.75) is 6.92 Å². The predicted molar refractivity (Wildman–Crippen MR) is 41.6 cm³/mol. The fourth-order valence-electron chi connectivity index (χ4n) is 0. The molecule has 0 aromatic rings. The van der Waals surface area contributed by atoms with Crippen molar-refractivity contribution in [1.29, 1.82) is 0 Å². The fourth-order valence-corrected chi connectivity index (χ4v) is 0. The Kier molecular flexibility index (Phi) is 167. The van der Waals surface area contributed by atoms with Gasteiger partial charge < -0.3 is 20.1 Å². The minimum atomic E-state index is -0.356. The Labute approximate surface area is 88.2 Å². The summed E-state index contributed by atoms with van der Waals surface area (Å²) < 4.78 is 3.86. The Bertz CT molecular complexity index is 51.2. The van der Waals surface area contributed by atoms with Gasteiger partial charge in [0.2, 0.25) is 0 Å². The van der Waals surface area contributed by atoms with E-state index in [0.717, 1.165) is 21.3 Å². The van der Waals surface area contributed by atoms with Crippen molar-refractivity contribution in [3.05, 3.63) is 7.11 Å². The maximum atomic E-state index is 9.53. The standard InChI is InChI=1S/C3H5O2.3CH4O.Ti/c1-3(4)5-2;3*1-2;/h2H2,1H3;3*2H,1H3;/q-1;;;;. The Balaban J connectivity index is -0.0000000203. The van der Waals surface area contributed by atoms with Crippen LogP contribution in [0, 0.1) is 7.11 Å². The van der Waals surface area contributed by atoms with Gasteiger partial charge in [0.05, 0.1) is 0 Å². The molecule has 0 aliphatic rings. The van der Waals surface area contributed by atoms with E-state index in [-0.39, 0.29) is 27.7 Å². The van der Waals surface area contributed by atoms with Gasteiger partial charge in [0.1, 0.15) is 0 Å². The summed E-state index contributed by atoms with van der Waals surface area (Å²) in [4.78, 5) is 9.53. The number of carbonyl (C=O) groups is 1. The molecule has 0 amide bonds. The number of carbonyl (C=O) groups excluding carboxylic acids is 1. The maximum absolute atomic E-state index is 9.53. The van der Waals surface area contributed by atoms with Crippen molar-refractivity contribution in [2.75, 3.05) is 21.3 Å². The minimum absolute atomic E-state index is 0. The first-order valence-electron chi connectivity index (χ1n) is 2.54. The Hall–Kier alpha value is 0.0643. The normalized spacial score (nSPS) is 4.33. The number of hydrogen-bond donors (Lipinski definition) is 3. The second kappa shape index (κ2) is 67.8. The summed E-state index contributed by atoms with van der Waals surface area (Å²) in [5.74, 6) is -0.356. The van der Waals surface area contributed by atoms with Gasteiger partial charge in [0.25, 0.3) is 5.97 Å². The van der Waals surface area contributed by atoms with Crippen molar-refractivity contribution in [3.8, 4) is 0 Å². The van der Waals surface area contributed by atoms with Crippen LogP contribution in [0.2, 0.25) is 0 Å². The maximum Gasteiger partial charge on any atom is 0.270 e. The molecule has 3 N–H and O–H groups in total. The molecule has 12 heavy (non-hydrogen) atoms. The van der Waals surface area contributed by atoms with Crippen LogP contribution in [0.15, 0.2) is 0 Å². The van der Waals surface area contributed by atoms with Gasteiger partial charge in [-0.3, -0.25) is 4.79 Å². The smallest absolute Gasteiger partial charge is 0.270 e. The Morgan fingerprint density at radius 2 is 1.17 bits per heavy atom. The molecule has 0 saturated carbocycles. The zero-order valence-electron chi connectivity index (χ0n) is 7.87. The fraction of sp³-hybridized carbons (Fsp3) is 0.667. The van der Waals surface area contributed by atoms with Crippen LogP contribution in [-0.2, 0) is 31.2 Å². The average molecular weight is 217 g/mol. The molecule has 0 fully saturated rings. The number of hydrogen-bond acceptors (Lipinski definition) is 5. The molecule has 0 aliphatic heterocycles. The first-order chi connectivity index (χ1) is 5.27. The zero-order valence-corrected chi connectivity index (χ0v) is 9.43. The number of aliphatic hydroxyl groups is 3. The molecule has 0 aromatic heterocycles. The zero-order chi connectivity index (χ0) is 10.3. The molecule has 0 atom stereocenters. The molecule has 0 aliphatic carbocycles. The summed E-state index contributed by atoms with van der Waals surface area (Å²) in [6.45, 7) is 1.30. The van der Waals surface area contributed by atoms with Crippen molar-refractivity contribution in [1.82, 2.24) is 0 Å². The molecule has 0 unspecified atom stereocenters. The quantitative estimate of drug-likeness (QED) is 0.280. The van der Waals surface area contributed by atoms with Gasteiger partial charge >= 0.3 is 0 Å². The van der Waals surface area contributed by atoms with Crippen LogP contribution in [0.3, 0.4) is 0 Å². The van der Waals surface area contributed by atoms with Gasteiger partial charge in [-0.05, 0) is 0 Å². The van der Waals surface area contributed by atoms with Gasteiger partial charge in [-0.2, -0.15) is 7.11 Å². The molecule has 6 heteroatoms. The van der Waals surface area contributed by atoms with E-state index >= 15 is 0 Å². The van der Waals surface area contributed by atoms with Gasteiger partial charge in [-0.1, -0.05) is 0 Å². The van der Waals surface area contributed by atoms with E-state index in [1.54, 1.807) is 0 Å². The van der Waals surface area contributed by atoms with Crippen molar-refractivity contribution >= 4 is 5.97 Å². The molecule has 0 heterocycles. The Morgan fingerprint density at radius 1 is 1.08 bits per heavy atom. The molecule has 0 radical (unpaired) electrons. The molecule has 0 rings (SSSR count). The number of ether oxygens (including phenoxy) is 1. The molecule has 76 valence electrons. The first kappa shape index (κ1) is 29.6. The predicted octanol–water partition coefficient (Wildman–Crippen LogP) is -0.836. The summed E-state index contributed by atoms with van der Waals surface area (Å²) in [6.07, 6.45) is 0. The summed E-state index contributed by atoms with van der Waals surface area (Å²) in [5.41, 5.74) is 0. The van der Waals surface area contributed by atoms with Gasteiger partial charge in [0, 0.05) is 50.0 Å². The van der Waals surface area contributed by atoms with E-state index in [9.17, 15) is 4.79 Å². The Morgan fingerprint density at radius 3 is 1.17 bits per heavy atom. The SMILES string of the molecule is CO.CO.CO.[CH2-]OC(C)=O.[Ti]. The molecule has 0 aromatic carbocycles. The molecular formula is C6H17O5Ti-. The number of esters is 1. The van der Waals surface area contributed by atoms with Gasteiger partial charge in [-0.15, -0.1) is 0 Å². The summed E-state index contributed by atoms with van der Waals surface area (Å²) in [7, 11) is 5.84. The van der Waals surface area contributed by atoms with E-state index < -0.39 is 0 Å². The van der Waals surface area contributed by atoms with Crippen LogP contribution in [0.4, 0.5) is 0 Å². The van der Waals surface area contributed by atoms with Crippen LogP contribution in [0.5, 0.6) is 0 Å². The monoisotopic (exact) mass is 217 g/mol. The van der Waals surface area contributed by atoms with E-state index in [0.29, 0.717) is 0 Å². The van der Waals surface area contributed by atoms with E-state index in [1.165, 1.54) is 6.92 Å². The van der Waals surface area contributed by atoms with E-state index in [4.69, 9.17) is 15.3 Å². The van der Waals surface area contributed by atoms with E-state index in [1.807, 2.05) is 0 Å².